The zero-order chi connectivity index (χ0) is 27.7. The highest BCUT2D eigenvalue weighted by atomic mass is 33.4. The Balaban J connectivity index is 0.000000604. The maximum absolute atomic E-state index is 12.8. The summed E-state index contributed by atoms with van der Waals surface area (Å²) >= 11 is 9.14. The van der Waals surface area contributed by atoms with E-state index >= 15 is 0 Å². The smallest absolute Gasteiger partial charge is 0.375 e. The van der Waals surface area contributed by atoms with E-state index < -0.39 is 21.4 Å². The Morgan fingerprint density at radius 3 is 2.00 bits per heavy atom. The molecule has 0 radical (unpaired) electrons. The van der Waals surface area contributed by atoms with Crippen LogP contribution in [0.1, 0.15) is 26.3 Å². The largest absolute Gasteiger partial charge is 0.534 e. The number of hydrogen-bond donors (Lipinski definition) is 0. The monoisotopic (exact) mass is 659 g/mol. The number of alkyl halides is 3. The number of rotatable bonds is 4. The lowest BCUT2D eigenvalue weighted by Gasteiger charge is -2.19. The summed E-state index contributed by atoms with van der Waals surface area (Å²) in [5.41, 5.74) is -2.65. The molecule has 0 aliphatic carbocycles. The molecule has 3 rings (SSSR count). The van der Waals surface area contributed by atoms with Crippen molar-refractivity contribution in [2.75, 3.05) is 0 Å². The van der Waals surface area contributed by atoms with Crippen LogP contribution in [0, 0.1) is 0 Å². The maximum Gasteiger partial charge on any atom is 0.534 e. The van der Waals surface area contributed by atoms with Gasteiger partial charge in [0, 0.05) is 84.1 Å². The molecule has 37 heavy (non-hydrogen) atoms. The summed E-state index contributed by atoms with van der Waals surface area (Å²) in [6.07, 6.45) is 1.66. The summed E-state index contributed by atoms with van der Waals surface area (Å²) < 4.78 is 66.1. The first kappa shape index (κ1) is 31.9. The van der Waals surface area contributed by atoms with Crippen LogP contribution in [0.5, 0.6) is 5.75 Å². The van der Waals surface area contributed by atoms with Gasteiger partial charge in [-0.25, -0.2) is 0 Å². The normalized spacial score (nSPS) is 11.4. The summed E-state index contributed by atoms with van der Waals surface area (Å²) in [4.78, 5) is 4.36. The molecule has 15 heteroatoms. The number of aromatic nitrogens is 1. The van der Waals surface area contributed by atoms with Crippen molar-refractivity contribution in [2.45, 2.75) is 31.7 Å². The molecular formula is C22H20F3NO3S8. The van der Waals surface area contributed by atoms with E-state index in [0.29, 0.717) is 16.8 Å². The molecule has 3 aromatic rings. The van der Waals surface area contributed by atoms with Gasteiger partial charge in [-0.15, -0.1) is 0 Å². The van der Waals surface area contributed by atoms with E-state index in [1.54, 1.807) is 69.2 Å². The third-order valence-electron chi connectivity index (χ3n) is 4.58. The predicted octanol–water partition coefficient (Wildman–Crippen LogP) is 5.92. The van der Waals surface area contributed by atoms with E-state index in [1.165, 1.54) is 29.9 Å². The van der Waals surface area contributed by atoms with Crippen LogP contribution in [0.3, 0.4) is 0 Å². The summed E-state index contributed by atoms with van der Waals surface area (Å²) in [5.74, 6) is -0.408. The Bertz CT molecular complexity index is 1540. The minimum absolute atomic E-state index is 0.121. The van der Waals surface area contributed by atoms with E-state index in [1.807, 2.05) is 12.1 Å². The number of nitrogens with zero attached hydrogens (tertiary/aromatic N) is 1. The van der Waals surface area contributed by atoms with Gasteiger partial charge in [-0.2, -0.15) is 21.6 Å². The summed E-state index contributed by atoms with van der Waals surface area (Å²) in [6.45, 7) is 6.17. The molecule has 0 spiro atoms. The second-order valence-corrected chi connectivity index (χ2v) is 18.5. The maximum atomic E-state index is 12.8. The van der Waals surface area contributed by atoms with Gasteiger partial charge in [0.1, 0.15) is 0 Å². The zero-order valence-corrected chi connectivity index (χ0v) is 26.0. The van der Waals surface area contributed by atoms with Crippen molar-refractivity contribution in [1.29, 1.82) is 0 Å². The Labute approximate surface area is 238 Å². The van der Waals surface area contributed by atoms with E-state index in [-0.39, 0.29) is 11.0 Å². The second kappa shape index (κ2) is 14.2. The van der Waals surface area contributed by atoms with Crippen LogP contribution in [-0.2, 0) is 82.3 Å². The molecule has 0 aliphatic rings. The third kappa shape index (κ3) is 9.73. The van der Waals surface area contributed by atoms with Gasteiger partial charge in [0.05, 0.1) is 5.69 Å². The quantitative estimate of drug-likeness (QED) is 0.256. The highest BCUT2D eigenvalue weighted by Crippen LogP contribution is 2.37. The SMILES string of the molecule is CC(C)(C)c1ccnc(-c2ccc(OS(=O)(=O)C(F)(F)F)c(-c3ccccc3)c2)c1.S=S=S=S=S=S=S. The summed E-state index contributed by atoms with van der Waals surface area (Å²) in [7, 11) is 1.56. The lowest BCUT2D eigenvalue weighted by atomic mass is 9.87. The standard InChI is InChI=1S/C22H20F3NO3S.S7/c1-21(2,3)17-11-12-26-19(14-17)16-9-10-20(29-30(27,28)22(23,24)25)18(13-16)15-7-5-4-6-8-15;1-3-5-7-6-4-2/h4-14H,1-3H3;. The first-order valence-electron chi connectivity index (χ1n) is 10.1. The molecule has 0 aliphatic heterocycles. The van der Waals surface area contributed by atoms with Crippen LogP contribution in [0.15, 0.2) is 66.9 Å². The second-order valence-electron chi connectivity index (χ2n) is 8.08. The number of halogens is 3. The van der Waals surface area contributed by atoms with Gasteiger partial charge in [0.15, 0.2) is 5.75 Å². The van der Waals surface area contributed by atoms with E-state index in [0.717, 1.165) is 5.56 Å². The van der Waals surface area contributed by atoms with Crippen LogP contribution < -0.4 is 4.18 Å². The molecule has 0 amide bonds. The molecule has 0 saturated carbocycles. The van der Waals surface area contributed by atoms with Crippen LogP contribution in [0.4, 0.5) is 13.2 Å². The highest BCUT2D eigenvalue weighted by molar-refractivity contribution is 8.68. The fraction of sp³-hybridized carbons (Fsp3) is 0.227. The van der Waals surface area contributed by atoms with Gasteiger partial charge in [-0.1, -0.05) is 51.1 Å². The predicted molar refractivity (Wildman–Crippen MR) is 161 cm³/mol. The molecular weight excluding hydrogens is 640 g/mol. The fourth-order valence-electron chi connectivity index (χ4n) is 2.86. The molecule has 0 atom stereocenters. The Morgan fingerprint density at radius 1 is 0.838 bits per heavy atom. The first-order chi connectivity index (χ1) is 17.3. The molecule has 0 bridgehead atoms. The number of benzene rings is 2. The van der Waals surface area contributed by atoms with Crippen molar-refractivity contribution < 1.29 is 25.8 Å². The molecule has 0 unspecified atom stereocenters. The summed E-state index contributed by atoms with van der Waals surface area (Å²) in [5, 5.41) is 0. The minimum Gasteiger partial charge on any atom is -0.375 e. The number of pyridine rings is 1. The van der Waals surface area contributed by atoms with Crippen molar-refractivity contribution in [3.05, 3.63) is 72.4 Å². The van der Waals surface area contributed by atoms with Gasteiger partial charge in [-0.05, 0) is 46.9 Å². The number of hydrogen-bond acceptors (Lipinski definition) is 6. The average molecular weight is 660 g/mol. The Morgan fingerprint density at radius 2 is 1.46 bits per heavy atom. The molecule has 0 N–H and O–H groups in total. The lowest BCUT2D eigenvalue weighted by Crippen LogP contribution is -2.28. The van der Waals surface area contributed by atoms with Crippen molar-refractivity contribution in [1.82, 2.24) is 4.98 Å². The van der Waals surface area contributed by atoms with Crippen molar-refractivity contribution >= 4 is 76.9 Å². The zero-order valence-electron chi connectivity index (χ0n) is 19.4. The molecule has 2 aromatic carbocycles. The third-order valence-corrected chi connectivity index (χ3v) is 14.4. The fourth-order valence-corrected chi connectivity index (χ4v) is 11.6. The van der Waals surface area contributed by atoms with Crippen molar-refractivity contribution in [3.8, 4) is 28.1 Å². The molecule has 4 nitrogen and oxygen atoms in total. The highest BCUT2D eigenvalue weighted by Gasteiger charge is 2.48. The average Bonchev–Trinajstić information content (AvgIpc) is 2.84. The summed E-state index contributed by atoms with van der Waals surface area (Å²) in [6, 6.07) is 16.5. The van der Waals surface area contributed by atoms with Crippen LogP contribution in [-0.4, -0.2) is 18.9 Å². The van der Waals surface area contributed by atoms with Crippen LogP contribution >= 0.6 is 0 Å². The van der Waals surface area contributed by atoms with E-state index in [2.05, 4.69) is 52.3 Å². The van der Waals surface area contributed by atoms with Gasteiger partial charge in [-0.3, -0.25) is 4.98 Å². The first-order valence-corrected chi connectivity index (χ1v) is 19.5. The van der Waals surface area contributed by atoms with E-state index in [4.69, 9.17) is 0 Å². The molecule has 0 fully saturated rings. The molecule has 200 valence electrons. The minimum atomic E-state index is -5.80. The van der Waals surface area contributed by atoms with Crippen LogP contribution in [0.2, 0.25) is 0 Å². The Hall–Kier alpha value is -1.33. The topological polar surface area (TPSA) is 56.3 Å². The van der Waals surface area contributed by atoms with Crippen molar-refractivity contribution in [2.24, 2.45) is 0 Å². The van der Waals surface area contributed by atoms with Gasteiger partial charge >= 0.3 is 15.6 Å². The van der Waals surface area contributed by atoms with Crippen molar-refractivity contribution in [3.63, 3.8) is 0 Å². The van der Waals surface area contributed by atoms with Crippen LogP contribution in [0.25, 0.3) is 22.4 Å². The van der Waals surface area contributed by atoms with Gasteiger partial charge < -0.3 is 4.18 Å². The molecule has 1 heterocycles. The van der Waals surface area contributed by atoms with Gasteiger partial charge in [0.2, 0.25) is 0 Å². The van der Waals surface area contributed by atoms with Gasteiger partial charge in [0.25, 0.3) is 0 Å². The van der Waals surface area contributed by atoms with E-state index in [9.17, 15) is 21.6 Å². The Kier molecular flexibility index (Phi) is 12.2. The molecule has 1 aromatic heterocycles. The molecule has 0 saturated heterocycles. The lowest BCUT2D eigenvalue weighted by molar-refractivity contribution is -0.0499.